The van der Waals surface area contributed by atoms with Gasteiger partial charge in [0.05, 0.1) is 0 Å². The molecular weight excluding hydrogens is 280 g/mol. The first-order valence-corrected chi connectivity index (χ1v) is 7.79. The molecule has 0 aliphatic heterocycles. The average Bonchev–Trinajstić information content (AvgIpc) is 2.34. The number of anilines is 1. The van der Waals surface area contributed by atoms with Crippen molar-refractivity contribution in [2.45, 2.75) is 57.5 Å². The van der Waals surface area contributed by atoms with Crippen molar-refractivity contribution >= 4 is 11.8 Å². The van der Waals surface area contributed by atoms with Crippen LogP contribution in [-0.4, -0.2) is 23.3 Å². The molecule has 22 heavy (non-hydrogen) atoms. The Morgan fingerprint density at radius 1 is 1.41 bits per heavy atom. The standard InChI is InChI=1S/C17H26N2O3/c1-16(2,3)22-15(21)19-14-6-5-12(20)11-13(14)17(9-10-18)7-4-8-17/h5-6,11,20H,4,7-10,18H2,1-3H3,(H,19,21). The number of hydrogen-bond donors (Lipinski definition) is 3. The van der Waals surface area contributed by atoms with Crippen molar-refractivity contribution in [2.75, 3.05) is 11.9 Å². The van der Waals surface area contributed by atoms with Crippen molar-refractivity contribution < 1.29 is 14.6 Å². The van der Waals surface area contributed by atoms with E-state index in [1.165, 1.54) is 0 Å². The number of aromatic hydroxyl groups is 1. The van der Waals surface area contributed by atoms with E-state index in [0.29, 0.717) is 12.2 Å². The molecule has 1 aliphatic carbocycles. The first-order valence-electron chi connectivity index (χ1n) is 7.79. The van der Waals surface area contributed by atoms with Crippen LogP contribution in [0.1, 0.15) is 52.0 Å². The van der Waals surface area contributed by atoms with Crippen LogP contribution < -0.4 is 11.1 Å². The minimum Gasteiger partial charge on any atom is -0.508 e. The van der Waals surface area contributed by atoms with Crippen molar-refractivity contribution in [3.63, 3.8) is 0 Å². The highest BCUT2D eigenvalue weighted by atomic mass is 16.6. The number of hydrogen-bond acceptors (Lipinski definition) is 4. The van der Waals surface area contributed by atoms with Gasteiger partial charge in [-0.15, -0.1) is 0 Å². The number of phenolic OH excluding ortho intramolecular Hbond substituents is 1. The quantitative estimate of drug-likeness (QED) is 0.743. The van der Waals surface area contributed by atoms with E-state index < -0.39 is 11.7 Å². The monoisotopic (exact) mass is 306 g/mol. The zero-order valence-corrected chi connectivity index (χ0v) is 13.6. The van der Waals surface area contributed by atoms with Gasteiger partial charge >= 0.3 is 6.09 Å². The van der Waals surface area contributed by atoms with Crippen LogP contribution in [0.5, 0.6) is 5.75 Å². The number of rotatable bonds is 4. The third kappa shape index (κ3) is 3.71. The SMILES string of the molecule is CC(C)(C)OC(=O)Nc1ccc(O)cc1C1(CCN)CCC1. The molecular formula is C17H26N2O3. The van der Waals surface area contributed by atoms with E-state index in [0.717, 1.165) is 31.2 Å². The van der Waals surface area contributed by atoms with E-state index >= 15 is 0 Å². The first kappa shape index (κ1) is 16.6. The Morgan fingerprint density at radius 2 is 2.09 bits per heavy atom. The van der Waals surface area contributed by atoms with Gasteiger partial charge in [-0.3, -0.25) is 5.32 Å². The Labute approximate surface area is 131 Å². The minimum atomic E-state index is -0.549. The number of benzene rings is 1. The summed E-state index contributed by atoms with van der Waals surface area (Å²) in [5, 5.41) is 12.6. The number of carbonyl (C=O) groups excluding carboxylic acids is 1. The molecule has 0 saturated heterocycles. The lowest BCUT2D eigenvalue weighted by atomic mass is 9.62. The Balaban J connectivity index is 2.26. The van der Waals surface area contributed by atoms with Gasteiger partial charge in [0.25, 0.3) is 0 Å². The van der Waals surface area contributed by atoms with E-state index in [9.17, 15) is 9.90 Å². The van der Waals surface area contributed by atoms with Gasteiger partial charge in [0.1, 0.15) is 11.4 Å². The molecule has 5 heteroatoms. The number of nitrogens with one attached hydrogen (secondary N) is 1. The summed E-state index contributed by atoms with van der Waals surface area (Å²) in [5.41, 5.74) is 6.82. The number of ether oxygens (including phenoxy) is 1. The highest BCUT2D eigenvalue weighted by Crippen LogP contribution is 2.49. The summed E-state index contributed by atoms with van der Waals surface area (Å²) in [5.74, 6) is 0.202. The lowest BCUT2D eigenvalue weighted by Gasteiger charge is -2.43. The minimum absolute atomic E-state index is 0.0438. The van der Waals surface area contributed by atoms with Crippen molar-refractivity contribution in [3.05, 3.63) is 23.8 Å². The van der Waals surface area contributed by atoms with E-state index in [-0.39, 0.29) is 11.2 Å². The van der Waals surface area contributed by atoms with Crippen molar-refractivity contribution in [1.82, 2.24) is 0 Å². The summed E-state index contributed by atoms with van der Waals surface area (Å²) in [6.07, 6.45) is 3.55. The summed E-state index contributed by atoms with van der Waals surface area (Å²) in [6.45, 7) is 6.06. The van der Waals surface area contributed by atoms with Gasteiger partial charge in [0, 0.05) is 5.69 Å². The second-order valence-electron chi connectivity index (χ2n) is 7.03. The van der Waals surface area contributed by atoms with Gasteiger partial charge in [-0.1, -0.05) is 6.42 Å². The van der Waals surface area contributed by atoms with Crippen LogP contribution in [0, 0.1) is 0 Å². The van der Waals surface area contributed by atoms with Gasteiger partial charge < -0.3 is 15.6 Å². The molecule has 1 amide bonds. The molecule has 1 saturated carbocycles. The predicted molar refractivity (Wildman–Crippen MR) is 87.2 cm³/mol. The van der Waals surface area contributed by atoms with Crippen LogP contribution in [0.3, 0.4) is 0 Å². The van der Waals surface area contributed by atoms with Crippen molar-refractivity contribution in [3.8, 4) is 5.75 Å². The van der Waals surface area contributed by atoms with E-state index in [4.69, 9.17) is 10.5 Å². The maximum atomic E-state index is 12.0. The second kappa shape index (κ2) is 6.16. The van der Waals surface area contributed by atoms with Crippen LogP contribution >= 0.6 is 0 Å². The molecule has 0 aromatic heterocycles. The van der Waals surface area contributed by atoms with Gasteiger partial charge in [0.15, 0.2) is 0 Å². The molecule has 5 nitrogen and oxygen atoms in total. The van der Waals surface area contributed by atoms with Gasteiger partial charge in [-0.2, -0.15) is 0 Å². The third-order valence-corrected chi connectivity index (χ3v) is 4.14. The number of nitrogens with two attached hydrogens (primary N) is 1. The molecule has 0 radical (unpaired) electrons. The Morgan fingerprint density at radius 3 is 2.59 bits per heavy atom. The van der Waals surface area contributed by atoms with Crippen LogP contribution in [0.15, 0.2) is 18.2 Å². The van der Waals surface area contributed by atoms with Crippen LogP contribution in [0.25, 0.3) is 0 Å². The zero-order chi connectivity index (χ0) is 16.4. The van der Waals surface area contributed by atoms with Crippen LogP contribution in [0.4, 0.5) is 10.5 Å². The Hall–Kier alpha value is -1.75. The van der Waals surface area contributed by atoms with Gasteiger partial charge in [-0.05, 0) is 75.8 Å². The summed E-state index contributed by atoms with van der Waals surface area (Å²) in [4.78, 5) is 12.0. The molecule has 0 unspecified atom stereocenters. The van der Waals surface area contributed by atoms with Crippen molar-refractivity contribution in [1.29, 1.82) is 0 Å². The largest absolute Gasteiger partial charge is 0.508 e. The van der Waals surface area contributed by atoms with E-state index in [1.807, 2.05) is 20.8 Å². The molecule has 1 aliphatic rings. The molecule has 1 aromatic carbocycles. The third-order valence-electron chi connectivity index (χ3n) is 4.14. The smallest absolute Gasteiger partial charge is 0.412 e. The number of amides is 1. The summed E-state index contributed by atoms with van der Waals surface area (Å²) < 4.78 is 5.31. The fourth-order valence-corrected chi connectivity index (χ4v) is 3.03. The summed E-state index contributed by atoms with van der Waals surface area (Å²) >= 11 is 0. The predicted octanol–water partition coefficient (Wildman–Crippen LogP) is 3.51. The molecule has 122 valence electrons. The van der Waals surface area contributed by atoms with Crippen LogP contribution in [0.2, 0.25) is 0 Å². The fourth-order valence-electron chi connectivity index (χ4n) is 3.03. The topological polar surface area (TPSA) is 84.6 Å². The zero-order valence-electron chi connectivity index (χ0n) is 13.6. The highest BCUT2D eigenvalue weighted by molar-refractivity contribution is 5.86. The van der Waals surface area contributed by atoms with Gasteiger partial charge in [0.2, 0.25) is 0 Å². The Kier molecular flexibility index (Phi) is 4.66. The normalized spacial score (nSPS) is 16.7. The average molecular weight is 306 g/mol. The maximum Gasteiger partial charge on any atom is 0.412 e. The summed E-state index contributed by atoms with van der Waals surface area (Å²) in [6, 6.07) is 5.04. The fraction of sp³-hybridized carbons (Fsp3) is 0.588. The first-order chi connectivity index (χ1) is 10.3. The second-order valence-corrected chi connectivity index (χ2v) is 7.03. The molecule has 0 heterocycles. The maximum absolute atomic E-state index is 12.0. The molecule has 2 rings (SSSR count). The molecule has 0 bridgehead atoms. The molecule has 4 N–H and O–H groups in total. The summed E-state index contributed by atoms with van der Waals surface area (Å²) in [7, 11) is 0. The highest BCUT2D eigenvalue weighted by Gasteiger charge is 2.40. The Bertz CT molecular complexity index is 545. The molecule has 0 atom stereocenters. The number of carbonyl (C=O) groups is 1. The van der Waals surface area contributed by atoms with Crippen LogP contribution in [-0.2, 0) is 10.2 Å². The lowest BCUT2D eigenvalue weighted by molar-refractivity contribution is 0.0635. The molecule has 1 aromatic rings. The lowest BCUT2D eigenvalue weighted by Crippen LogP contribution is -2.37. The van der Waals surface area contributed by atoms with E-state index in [1.54, 1.807) is 18.2 Å². The molecule has 1 fully saturated rings. The van der Waals surface area contributed by atoms with Crippen molar-refractivity contribution in [2.24, 2.45) is 5.73 Å². The van der Waals surface area contributed by atoms with E-state index in [2.05, 4.69) is 5.32 Å². The number of phenols is 1. The molecule has 0 spiro atoms. The van der Waals surface area contributed by atoms with Gasteiger partial charge in [-0.25, -0.2) is 4.79 Å².